The molecule has 2 atom stereocenters. The van der Waals surface area contributed by atoms with Crippen LogP contribution in [0.25, 0.3) is 0 Å². The number of hydrogen-bond acceptors (Lipinski definition) is 15. The number of carbonyl (C=O) groups is 2. The molecule has 0 unspecified atom stereocenters. The van der Waals surface area contributed by atoms with Gasteiger partial charge in [0.25, 0.3) is 0 Å². The molecule has 2 amide bonds. The second-order valence-electron chi connectivity index (χ2n) is 18.9. The number of nitrogens with zero attached hydrogens (tertiary/aromatic N) is 2. The predicted molar refractivity (Wildman–Crippen MR) is 306 cm³/mol. The smallest absolute Gasteiger partial charge is 0.240 e. The van der Waals surface area contributed by atoms with Crippen LogP contribution in [-0.2, 0) is 71.1 Å². The fraction of sp³-hybridized carbons (Fsp3) is 0.519. The van der Waals surface area contributed by atoms with E-state index < -0.39 is 20.0 Å². The molecular formula is C54H73Cl4N7O12S2. The van der Waals surface area contributed by atoms with Crippen molar-refractivity contribution in [2.45, 2.75) is 48.1 Å². The van der Waals surface area contributed by atoms with Gasteiger partial charge in [0.1, 0.15) is 0 Å². The summed E-state index contributed by atoms with van der Waals surface area (Å²) in [6, 6.07) is 20.9. The minimum Gasteiger partial charge on any atom is -0.379 e. The number of ether oxygens (including phenoxy) is 6. The molecule has 2 heterocycles. The number of carbonyl (C=O) groups excluding carboxylic acids is 2. The molecule has 436 valence electrons. The van der Waals surface area contributed by atoms with E-state index in [-0.39, 0.29) is 132 Å². The Bertz CT molecular complexity index is 2820. The molecule has 0 bridgehead atoms. The lowest BCUT2D eigenvalue weighted by molar-refractivity contribution is -0.125. The van der Waals surface area contributed by atoms with Crippen molar-refractivity contribution in [2.75, 3.05) is 145 Å². The summed E-state index contributed by atoms with van der Waals surface area (Å²) < 4.78 is 91.6. The van der Waals surface area contributed by atoms with Gasteiger partial charge < -0.3 is 49.3 Å². The van der Waals surface area contributed by atoms with Crippen LogP contribution in [0, 0.1) is 0 Å². The summed E-state index contributed by atoms with van der Waals surface area (Å²) in [6.45, 7) is 8.61. The average molecular weight is 1220 g/mol. The monoisotopic (exact) mass is 1220 g/mol. The minimum atomic E-state index is -3.83. The van der Waals surface area contributed by atoms with E-state index in [0.717, 1.165) is 39.8 Å². The van der Waals surface area contributed by atoms with Crippen LogP contribution in [0.2, 0.25) is 20.1 Å². The van der Waals surface area contributed by atoms with Crippen LogP contribution in [0.5, 0.6) is 0 Å². The maximum absolute atomic E-state index is 13.2. The Morgan fingerprint density at radius 3 is 1.57 bits per heavy atom. The van der Waals surface area contributed by atoms with Crippen molar-refractivity contribution < 1.29 is 54.8 Å². The first-order valence-electron chi connectivity index (χ1n) is 26.3. The summed E-state index contributed by atoms with van der Waals surface area (Å²) in [5.74, 6) is -0.841. The second-order valence-corrected chi connectivity index (χ2v) is 24.1. The molecule has 0 saturated heterocycles. The molecule has 0 radical (unpaired) electrons. The highest BCUT2D eigenvalue weighted by Crippen LogP contribution is 2.39. The van der Waals surface area contributed by atoms with Gasteiger partial charge >= 0.3 is 0 Å². The number of hydrogen-bond donors (Lipinski definition) is 5. The van der Waals surface area contributed by atoms with Gasteiger partial charge in [0.05, 0.1) is 95.6 Å². The minimum absolute atomic E-state index is 0.0530. The first-order valence-corrected chi connectivity index (χ1v) is 30.8. The van der Waals surface area contributed by atoms with Gasteiger partial charge in [0.15, 0.2) is 0 Å². The van der Waals surface area contributed by atoms with Gasteiger partial charge in [-0.2, -0.15) is 0 Å². The lowest BCUT2D eigenvalue weighted by Crippen LogP contribution is -2.45. The molecule has 0 saturated carbocycles. The molecule has 0 fully saturated rings. The third-order valence-corrected chi connectivity index (χ3v) is 16.8. The quantitative estimate of drug-likeness (QED) is 0.0359. The first-order chi connectivity index (χ1) is 38.0. The number of likely N-dealkylation sites (N-methyl/N-ethyl adjacent to an activating group) is 1. The summed E-state index contributed by atoms with van der Waals surface area (Å²) in [4.78, 5) is 29.9. The van der Waals surface area contributed by atoms with E-state index in [4.69, 9.17) is 74.8 Å². The van der Waals surface area contributed by atoms with Crippen molar-refractivity contribution in [1.29, 1.82) is 0 Å². The molecular weight excluding hydrogens is 1140 g/mol. The molecule has 79 heavy (non-hydrogen) atoms. The second kappa shape index (κ2) is 33.5. The molecule has 0 spiro atoms. The van der Waals surface area contributed by atoms with Crippen molar-refractivity contribution in [3.05, 3.63) is 126 Å². The van der Waals surface area contributed by atoms with Crippen molar-refractivity contribution in [1.82, 2.24) is 35.2 Å². The molecule has 4 aromatic carbocycles. The van der Waals surface area contributed by atoms with E-state index in [1.54, 1.807) is 53.4 Å². The molecule has 0 aromatic heterocycles. The maximum atomic E-state index is 13.2. The predicted octanol–water partition coefficient (Wildman–Crippen LogP) is 5.41. The molecule has 5 N–H and O–H groups in total. The SMILES string of the molecule is CCCOCCOCCN(CC(=O)NCCOCCOCCNS(=O)(=O)c1cccc([C@@H]2CNCc3c(Cl)cc(Cl)cc32)c1)CC(=O)NCCOCCOCCNS(=O)(=O)c1cccc([C@@H]2CN(C)Cc3c(Cl)cc(Cl)cc32)c1. The van der Waals surface area contributed by atoms with Crippen molar-refractivity contribution in [3.63, 3.8) is 0 Å². The highest BCUT2D eigenvalue weighted by atomic mass is 35.5. The number of rotatable bonds is 36. The van der Waals surface area contributed by atoms with Crippen LogP contribution >= 0.6 is 46.4 Å². The lowest BCUT2D eigenvalue weighted by atomic mass is 9.85. The Morgan fingerprint density at radius 1 is 0.595 bits per heavy atom. The first kappa shape index (κ1) is 64.6. The summed E-state index contributed by atoms with van der Waals surface area (Å²) >= 11 is 25.7. The van der Waals surface area contributed by atoms with E-state index >= 15 is 0 Å². The molecule has 2 aliphatic rings. The summed E-state index contributed by atoms with van der Waals surface area (Å²) in [5.41, 5.74) is 5.54. The van der Waals surface area contributed by atoms with E-state index in [0.29, 0.717) is 72.6 Å². The highest BCUT2D eigenvalue weighted by molar-refractivity contribution is 7.89. The van der Waals surface area contributed by atoms with Gasteiger partial charge in [-0.1, -0.05) is 77.6 Å². The number of sulfonamides is 2. The van der Waals surface area contributed by atoms with E-state index in [2.05, 4.69) is 30.3 Å². The van der Waals surface area contributed by atoms with Crippen molar-refractivity contribution in [2.24, 2.45) is 0 Å². The molecule has 6 rings (SSSR count). The highest BCUT2D eigenvalue weighted by Gasteiger charge is 2.29. The maximum Gasteiger partial charge on any atom is 0.240 e. The van der Waals surface area contributed by atoms with Crippen LogP contribution in [0.3, 0.4) is 0 Å². The number of fused-ring (bicyclic) bond motifs is 2. The summed E-state index contributed by atoms with van der Waals surface area (Å²) in [7, 11) is -5.65. The van der Waals surface area contributed by atoms with E-state index in [9.17, 15) is 26.4 Å². The van der Waals surface area contributed by atoms with Gasteiger partial charge in [0, 0.05) is 97.4 Å². The Balaban J connectivity index is 0.811. The number of halogens is 4. The van der Waals surface area contributed by atoms with Gasteiger partial charge in [-0.05, 0) is 95.4 Å². The Morgan fingerprint density at radius 2 is 1.05 bits per heavy atom. The fourth-order valence-electron chi connectivity index (χ4n) is 9.02. The third kappa shape index (κ3) is 21.3. The normalized spacial score (nSPS) is 15.7. The van der Waals surface area contributed by atoms with Crippen LogP contribution in [0.15, 0.2) is 82.6 Å². The van der Waals surface area contributed by atoms with Crippen LogP contribution < -0.4 is 25.4 Å². The molecule has 19 nitrogen and oxygen atoms in total. The standard InChI is InChI=1S/C54H73Cl4N7O12S2/c1-3-15-72-21-26-77-20-14-65(37-53(66)60-10-16-73-22-24-75-18-12-62-78(68,69)43-8-4-6-39(27-43)47-33-59-34-48-45(47)29-41(55)31-51(48)57)38-54(67)61-11-17-74-23-25-76-19-13-63-79(70,71)44-9-5-7-40(28-44)49-35-64(2)36-50-46(49)30-42(56)32-52(50)58/h4-9,27-32,47,49,59,62-63H,3,10-26,33-38H2,1-2H3,(H,60,66)(H,61,67)/t47-,49-/m0/s1. The van der Waals surface area contributed by atoms with Crippen molar-refractivity contribution in [3.8, 4) is 0 Å². The Kier molecular flexibility index (Phi) is 27.4. The third-order valence-electron chi connectivity index (χ3n) is 12.8. The molecule has 25 heteroatoms. The van der Waals surface area contributed by atoms with Crippen molar-refractivity contribution >= 4 is 78.3 Å². The Labute approximate surface area is 485 Å². The van der Waals surface area contributed by atoms with Gasteiger partial charge in [-0.25, -0.2) is 26.3 Å². The number of nitrogens with one attached hydrogen (secondary N) is 5. The van der Waals surface area contributed by atoms with E-state index in [1.165, 1.54) is 0 Å². The van der Waals surface area contributed by atoms with Crippen LogP contribution in [0.4, 0.5) is 0 Å². The van der Waals surface area contributed by atoms with E-state index in [1.807, 2.05) is 38.2 Å². The van der Waals surface area contributed by atoms with Gasteiger partial charge in [0.2, 0.25) is 31.9 Å². The van der Waals surface area contributed by atoms with Gasteiger partial charge in [-0.15, -0.1) is 0 Å². The van der Waals surface area contributed by atoms with Crippen LogP contribution in [0.1, 0.15) is 58.6 Å². The summed E-state index contributed by atoms with van der Waals surface area (Å²) in [5, 5.41) is 11.2. The number of benzene rings is 4. The molecule has 0 aliphatic carbocycles. The number of amides is 2. The van der Waals surface area contributed by atoms with Crippen LogP contribution in [-0.4, -0.2) is 184 Å². The summed E-state index contributed by atoms with van der Waals surface area (Å²) in [6.07, 6.45) is 0.899. The zero-order valence-electron chi connectivity index (χ0n) is 44.7. The average Bonchev–Trinajstić information content (AvgIpc) is 3.52. The zero-order chi connectivity index (χ0) is 56.6. The molecule has 2 aliphatic heterocycles. The molecule has 4 aromatic rings. The van der Waals surface area contributed by atoms with Gasteiger partial charge in [-0.3, -0.25) is 14.5 Å². The fourth-order valence-corrected chi connectivity index (χ4v) is 12.3. The topological polar surface area (TPSA) is 224 Å². The zero-order valence-corrected chi connectivity index (χ0v) is 49.3. The lowest BCUT2D eigenvalue weighted by Gasteiger charge is -2.33. The Hall–Kier alpha value is -3.56. The largest absolute Gasteiger partial charge is 0.379 e.